The van der Waals surface area contributed by atoms with Gasteiger partial charge in [0.05, 0.1) is 5.75 Å². The lowest BCUT2D eigenvalue weighted by atomic mass is 10.1. The van der Waals surface area contributed by atoms with Crippen molar-refractivity contribution < 1.29 is 9.90 Å². The molecule has 0 saturated heterocycles. The van der Waals surface area contributed by atoms with Gasteiger partial charge in [0, 0.05) is 6.04 Å². The van der Waals surface area contributed by atoms with Crippen molar-refractivity contribution in [1.82, 2.24) is 14.8 Å². The Morgan fingerprint density at radius 3 is 2.81 bits per heavy atom. The quantitative estimate of drug-likeness (QED) is 0.774. The Bertz CT molecular complexity index is 352. The first-order valence-corrected chi connectivity index (χ1v) is 6.23. The molecule has 6 heteroatoms. The molecule has 0 aliphatic carbocycles. The molecule has 1 unspecified atom stereocenters. The van der Waals surface area contributed by atoms with E-state index < -0.39 is 5.97 Å². The van der Waals surface area contributed by atoms with Gasteiger partial charge in [-0.3, -0.25) is 4.79 Å². The van der Waals surface area contributed by atoms with Gasteiger partial charge in [0.25, 0.3) is 0 Å². The Morgan fingerprint density at radius 2 is 2.25 bits per heavy atom. The molecule has 16 heavy (non-hydrogen) atoms. The monoisotopic (exact) mass is 243 g/mol. The summed E-state index contributed by atoms with van der Waals surface area (Å²) in [6, 6.07) is 0.297. The van der Waals surface area contributed by atoms with E-state index in [2.05, 4.69) is 31.0 Å². The zero-order chi connectivity index (χ0) is 12.1. The molecule has 1 aromatic heterocycles. The summed E-state index contributed by atoms with van der Waals surface area (Å²) in [6.07, 6.45) is 2.69. The maximum atomic E-state index is 10.5. The number of carboxylic acid groups (broad SMARTS) is 1. The number of hydrogen-bond donors (Lipinski definition) is 1. The van der Waals surface area contributed by atoms with Crippen LogP contribution in [-0.2, 0) is 4.79 Å². The van der Waals surface area contributed by atoms with Crippen LogP contribution < -0.4 is 0 Å². The van der Waals surface area contributed by atoms with E-state index in [1.165, 1.54) is 11.8 Å². The topological polar surface area (TPSA) is 68.0 Å². The molecule has 0 aromatic carbocycles. The largest absolute Gasteiger partial charge is 0.481 e. The number of aromatic nitrogens is 3. The Labute approximate surface area is 99.3 Å². The van der Waals surface area contributed by atoms with Gasteiger partial charge in [0.2, 0.25) is 0 Å². The third-order valence-corrected chi connectivity index (χ3v) is 3.09. The minimum atomic E-state index is -0.837. The third-order valence-electron chi connectivity index (χ3n) is 2.15. The molecule has 1 aromatic rings. The predicted molar refractivity (Wildman–Crippen MR) is 62.5 cm³/mol. The molecule has 0 saturated carbocycles. The first-order chi connectivity index (χ1) is 7.50. The van der Waals surface area contributed by atoms with Crippen LogP contribution in [-0.4, -0.2) is 31.6 Å². The molecule has 0 spiro atoms. The third kappa shape index (κ3) is 3.84. The van der Waals surface area contributed by atoms with Crippen molar-refractivity contribution in [2.24, 2.45) is 5.92 Å². The fourth-order valence-electron chi connectivity index (χ4n) is 1.56. The summed E-state index contributed by atoms with van der Waals surface area (Å²) < 4.78 is 1.94. The first kappa shape index (κ1) is 13.0. The second kappa shape index (κ2) is 5.89. The minimum absolute atomic E-state index is 0.0209. The molecule has 0 bridgehead atoms. The van der Waals surface area contributed by atoms with E-state index >= 15 is 0 Å². The predicted octanol–water partition coefficient (Wildman–Crippen LogP) is 2.06. The van der Waals surface area contributed by atoms with Crippen LogP contribution in [0.2, 0.25) is 0 Å². The number of carbonyl (C=O) groups is 1. The van der Waals surface area contributed by atoms with Crippen molar-refractivity contribution in [1.29, 1.82) is 0 Å². The SMILES string of the molecule is CC(C)CC(C)n1cnnc1SCC(=O)O. The number of rotatable bonds is 6. The van der Waals surface area contributed by atoms with Gasteiger partial charge < -0.3 is 9.67 Å². The van der Waals surface area contributed by atoms with Crippen molar-refractivity contribution in [3.63, 3.8) is 0 Å². The molecule has 90 valence electrons. The van der Waals surface area contributed by atoms with Crippen LogP contribution in [0.5, 0.6) is 0 Å². The van der Waals surface area contributed by atoms with E-state index in [0.717, 1.165) is 6.42 Å². The Morgan fingerprint density at radius 1 is 1.56 bits per heavy atom. The van der Waals surface area contributed by atoms with Gasteiger partial charge in [-0.2, -0.15) is 0 Å². The highest BCUT2D eigenvalue weighted by atomic mass is 32.2. The summed E-state index contributed by atoms with van der Waals surface area (Å²) in [4.78, 5) is 10.5. The van der Waals surface area contributed by atoms with Gasteiger partial charge in [0.15, 0.2) is 5.16 Å². The lowest BCUT2D eigenvalue weighted by Gasteiger charge is -2.16. The molecule has 0 fully saturated rings. The molecule has 1 heterocycles. The lowest BCUT2D eigenvalue weighted by Crippen LogP contribution is -2.09. The molecular formula is C10H17N3O2S. The number of nitrogens with zero attached hydrogens (tertiary/aromatic N) is 3. The Hall–Kier alpha value is -1.04. The summed E-state index contributed by atoms with van der Waals surface area (Å²) in [5.41, 5.74) is 0. The second-order valence-corrected chi connectivity index (χ2v) is 5.12. The van der Waals surface area contributed by atoms with E-state index in [-0.39, 0.29) is 5.75 Å². The summed E-state index contributed by atoms with van der Waals surface area (Å²) in [6.45, 7) is 6.41. The summed E-state index contributed by atoms with van der Waals surface area (Å²) in [5.74, 6) is -0.224. The molecule has 1 N–H and O–H groups in total. The van der Waals surface area contributed by atoms with Crippen LogP contribution >= 0.6 is 11.8 Å². The standard InChI is InChI=1S/C10H17N3O2S/c1-7(2)4-8(3)13-6-11-12-10(13)16-5-9(14)15/h6-8H,4-5H2,1-3H3,(H,14,15). The summed E-state index contributed by atoms with van der Waals surface area (Å²) in [5, 5.41) is 17.0. The van der Waals surface area contributed by atoms with E-state index in [1.54, 1.807) is 6.33 Å². The van der Waals surface area contributed by atoms with Crippen LogP contribution in [0, 0.1) is 5.92 Å². The molecule has 1 rings (SSSR count). The zero-order valence-corrected chi connectivity index (χ0v) is 10.6. The Kier molecular flexibility index (Phi) is 4.79. The van der Waals surface area contributed by atoms with Gasteiger partial charge in [0.1, 0.15) is 6.33 Å². The van der Waals surface area contributed by atoms with Gasteiger partial charge in [-0.05, 0) is 19.3 Å². The van der Waals surface area contributed by atoms with Gasteiger partial charge in [-0.1, -0.05) is 25.6 Å². The number of aliphatic carboxylic acids is 1. The van der Waals surface area contributed by atoms with Crippen molar-refractivity contribution >= 4 is 17.7 Å². The molecule has 5 nitrogen and oxygen atoms in total. The normalized spacial score (nSPS) is 13.0. The van der Waals surface area contributed by atoms with E-state index in [9.17, 15) is 4.79 Å². The molecule has 0 aliphatic rings. The fourth-order valence-corrected chi connectivity index (χ4v) is 2.29. The highest BCUT2D eigenvalue weighted by Crippen LogP contribution is 2.23. The molecule has 0 radical (unpaired) electrons. The van der Waals surface area contributed by atoms with Gasteiger partial charge in [-0.25, -0.2) is 0 Å². The lowest BCUT2D eigenvalue weighted by molar-refractivity contribution is -0.133. The van der Waals surface area contributed by atoms with Crippen molar-refractivity contribution in [2.45, 2.75) is 38.4 Å². The van der Waals surface area contributed by atoms with Crippen LogP contribution in [0.4, 0.5) is 0 Å². The fraction of sp³-hybridized carbons (Fsp3) is 0.700. The van der Waals surface area contributed by atoms with E-state index in [1.807, 2.05) is 4.57 Å². The zero-order valence-electron chi connectivity index (χ0n) is 9.75. The highest BCUT2D eigenvalue weighted by molar-refractivity contribution is 7.99. The maximum Gasteiger partial charge on any atom is 0.313 e. The summed E-state index contributed by atoms with van der Waals surface area (Å²) in [7, 11) is 0. The van der Waals surface area contributed by atoms with Crippen LogP contribution in [0.25, 0.3) is 0 Å². The molecule has 0 aliphatic heterocycles. The van der Waals surface area contributed by atoms with Crippen LogP contribution in [0.15, 0.2) is 11.5 Å². The maximum absolute atomic E-state index is 10.5. The Balaban J connectivity index is 2.65. The number of carboxylic acids is 1. The summed E-state index contributed by atoms with van der Waals surface area (Å²) >= 11 is 1.21. The first-order valence-electron chi connectivity index (χ1n) is 5.24. The molecule has 0 amide bonds. The van der Waals surface area contributed by atoms with Crippen LogP contribution in [0.3, 0.4) is 0 Å². The van der Waals surface area contributed by atoms with Gasteiger partial charge in [-0.15, -0.1) is 10.2 Å². The number of hydrogen-bond acceptors (Lipinski definition) is 4. The smallest absolute Gasteiger partial charge is 0.313 e. The van der Waals surface area contributed by atoms with Crippen LogP contribution in [0.1, 0.15) is 33.2 Å². The second-order valence-electron chi connectivity index (χ2n) is 4.18. The van der Waals surface area contributed by atoms with Gasteiger partial charge >= 0.3 is 5.97 Å². The molecule has 1 atom stereocenters. The molecular weight excluding hydrogens is 226 g/mol. The van der Waals surface area contributed by atoms with Crippen molar-refractivity contribution in [3.8, 4) is 0 Å². The highest BCUT2D eigenvalue weighted by Gasteiger charge is 2.13. The van der Waals surface area contributed by atoms with E-state index in [4.69, 9.17) is 5.11 Å². The van der Waals surface area contributed by atoms with Crippen molar-refractivity contribution in [2.75, 3.05) is 5.75 Å². The van der Waals surface area contributed by atoms with E-state index in [0.29, 0.717) is 17.1 Å². The average Bonchev–Trinajstić information content (AvgIpc) is 2.61. The number of thioether (sulfide) groups is 1. The van der Waals surface area contributed by atoms with Crippen molar-refractivity contribution in [3.05, 3.63) is 6.33 Å². The minimum Gasteiger partial charge on any atom is -0.481 e. The average molecular weight is 243 g/mol.